The predicted molar refractivity (Wildman–Crippen MR) is 162 cm³/mol. The number of esters is 4. The quantitative estimate of drug-likeness (QED) is 0.107. The molecule has 0 aliphatic heterocycles. The van der Waals surface area contributed by atoms with Crippen molar-refractivity contribution in [2.24, 2.45) is 16.7 Å². The molecule has 1 aliphatic rings. The van der Waals surface area contributed by atoms with E-state index < -0.39 is 52.9 Å². The van der Waals surface area contributed by atoms with Crippen LogP contribution in [-0.2, 0) is 33.4 Å². The lowest BCUT2D eigenvalue weighted by atomic mass is 9.77. The van der Waals surface area contributed by atoms with Crippen molar-refractivity contribution in [3.05, 3.63) is 24.3 Å². The van der Waals surface area contributed by atoms with E-state index in [9.17, 15) is 45.5 Å². The van der Waals surface area contributed by atoms with E-state index in [4.69, 9.17) is 24.4 Å². The van der Waals surface area contributed by atoms with Crippen molar-refractivity contribution < 1.29 is 74.7 Å². The van der Waals surface area contributed by atoms with Crippen LogP contribution in [0.4, 0.5) is 26.3 Å². The third-order valence-electron chi connectivity index (χ3n) is 8.67. The Balaban J connectivity index is 0.000000663. The molecular formula is C33H46F6O10. The Bertz CT molecular complexity index is 1260. The van der Waals surface area contributed by atoms with Crippen molar-refractivity contribution >= 4 is 23.9 Å². The monoisotopic (exact) mass is 716 g/mol. The van der Waals surface area contributed by atoms with Gasteiger partial charge in [-0.2, -0.15) is 26.3 Å². The van der Waals surface area contributed by atoms with E-state index in [-0.39, 0.29) is 29.7 Å². The van der Waals surface area contributed by atoms with Gasteiger partial charge in [0.1, 0.15) is 23.2 Å². The van der Waals surface area contributed by atoms with Crippen LogP contribution in [0, 0.1) is 16.7 Å². The lowest BCUT2D eigenvalue weighted by Gasteiger charge is -2.39. The number of carbonyl (C=O) groups is 4. The van der Waals surface area contributed by atoms with Crippen molar-refractivity contribution in [2.75, 3.05) is 6.61 Å². The zero-order valence-corrected chi connectivity index (χ0v) is 28.8. The lowest BCUT2D eigenvalue weighted by Crippen LogP contribution is -2.63. The van der Waals surface area contributed by atoms with Gasteiger partial charge in [-0.1, -0.05) is 13.8 Å². The Hall–Kier alpha value is -3.56. The molecule has 0 radical (unpaired) electrons. The number of ether oxygens (including phenoxy) is 4. The number of hydrogen-bond acceptors (Lipinski definition) is 10. The molecule has 0 bridgehead atoms. The van der Waals surface area contributed by atoms with Crippen molar-refractivity contribution in [2.45, 2.75) is 124 Å². The molecule has 2 N–H and O–H groups in total. The number of aliphatic hydroxyl groups is 1. The van der Waals surface area contributed by atoms with Crippen LogP contribution in [0.25, 0.3) is 0 Å². The SMILES string of the molecule is CCC(C)(C)C(=O)OC1CCC(C(C)(C)OC(=O)COC(=O)C(O)(C(F)(F)F)C(F)(F)F)CC1.CCC(C)(C)C(=O)Oc1ccc(O)cc1. The van der Waals surface area contributed by atoms with Crippen molar-refractivity contribution in [1.29, 1.82) is 0 Å². The smallest absolute Gasteiger partial charge is 0.437 e. The van der Waals surface area contributed by atoms with Crippen LogP contribution in [0.5, 0.6) is 11.5 Å². The molecule has 0 saturated heterocycles. The average Bonchev–Trinajstić information content (AvgIpc) is 2.99. The number of phenols is 1. The second-order valence-corrected chi connectivity index (χ2v) is 13.6. The Kier molecular flexibility index (Phi) is 14.6. The Morgan fingerprint density at radius 1 is 0.735 bits per heavy atom. The third kappa shape index (κ3) is 11.8. The molecule has 10 nitrogen and oxygen atoms in total. The van der Waals surface area contributed by atoms with Gasteiger partial charge in [0, 0.05) is 0 Å². The Labute approximate surface area is 281 Å². The molecule has 1 aromatic carbocycles. The molecule has 280 valence electrons. The van der Waals surface area contributed by atoms with Crippen LogP contribution in [0.1, 0.15) is 93.9 Å². The summed E-state index contributed by atoms with van der Waals surface area (Å²) in [7, 11) is 0. The van der Waals surface area contributed by atoms with Crippen molar-refractivity contribution in [1.82, 2.24) is 0 Å². The first-order valence-electron chi connectivity index (χ1n) is 15.6. The Morgan fingerprint density at radius 3 is 1.61 bits per heavy atom. The van der Waals surface area contributed by atoms with Gasteiger partial charge in [0.25, 0.3) is 0 Å². The maximum atomic E-state index is 12.7. The highest BCUT2D eigenvalue weighted by atomic mass is 19.4. The lowest BCUT2D eigenvalue weighted by molar-refractivity contribution is -0.356. The van der Waals surface area contributed by atoms with E-state index in [1.54, 1.807) is 26.0 Å². The van der Waals surface area contributed by atoms with Crippen LogP contribution in [0.15, 0.2) is 24.3 Å². The molecule has 0 unspecified atom stereocenters. The fourth-order valence-electron chi connectivity index (χ4n) is 4.26. The number of aromatic hydroxyl groups is 1. The van der Waals surface area contributed by atoms with Crippen LogP contribution in [-0.4, -0.2) is 70.4 Å². The van der Waals surface area contributed by atoms with Gasteiger partial charge in [-0.05, 0) is 110 Å². The predicted octanol–water partition coefficient (Wildman–Crippen LogP) is 6.98. The minimum atomic E-state index is -6.42. The number of phenolic OH excluding ortho intramolecular Hbond substituents is 1. The molecule has 0 aromatic heterocycles. The number of alkyl halides is 6. The van der Waals surface area contributed by atoms with Gasteiger partial charge in [-0.25, -0.2) is 9.59 Å². The van der Waals surface area contributed by atoms with Gasteiger partial charge in [-0.15, -0.1) is 0 Å². The highest BCUT2D eigenvalue weighted by molar-refractivity contribution is 5.84. The zero-order chi connectivity index (χ0) is 38.2. The third-order valence-corrected chi connectivity index (χ3v) is 8.67. The zero-order valence-electron chi connectivity index (χ0n) is 28.8. The molecule has 1 fully saturated rings. The van der Waals surface area contributed by atoms with E-state index in [1.165, 1.54) is 26.0 Å². The fraction of sp³-hybridized carbons (Fsp3) is 0.697. The molecular weight excluding hydrogens is 670 g/mol. The summed E-state index contributed by atoms with van der Waals surface area (Å²) < 4.78 is 95.6. The largest absolute Gasteiger partial charge is 0.508 e. The van der Waals surface area contributed by atoms with E-state index in [1.807, 2.05) is 27.7 Å². The maximum Gasteiger partial charge on any atom is 0.437 e. The summed E-state index contributed by atoms with van der Waals surface area (Å²) >= 11 is 0. The number of benzene rings is 1. The first-order valence-corrected chi connectivity index (χ1v) is 15.6. The standard InChI is InChI=1S/C21H30F6O7.C12H16O3/c1-6-17(2,3)15(29)33-13-9-7-12(8-10-13)18(4,5)34-14(28)11-32-16(30)19(31,20(22,23)24)21(25,26)27;1-4-12(2,3)11(14)15-10-7-5-9(13)6-8-10/h12-13,31H,6-11H2,1-5H3;5-8,13H,4H2,1-3H3. The highest BCUT2D eigenvalue weighted by Gasteiger charge is 2.76. The molecule has 1 aromatic rings. The summed E-state index contributed by atoms with van der Waals surface area (Å²) in [6.45, 7) is 12.4. The molecule has 0 amide bonds. The number of carbonyl (C=O) groups excluding carboxylic acids is 4. The topological polar surface area (TPSA) is 146 Å². The van der Waals surface area contributed by atoms with E-state index in [0.29, 0.717) is 37.9 Å². The Morgan fingerprint density at radius 2 is 1.18 bits per heavy atom. The van der Waals surface area contributed by atoms with Gasteiger partial charge >= 0.3 is 41.8 Å². The highest BCUT2D eigenvalue weighted by Crippen LogP contribution is 2.44. The fourth-order valence-corrected chi connectivity index (χ4v) is 4.26. The van der Waals surface area contributed by atoms with Crippen LogP contribution < -0.4 is 4.74 Å². The molecule has 2 rings (SSSR count). The minimum Gasteiger partial charge on any atom is -0.508 e. The van der Waals surface area contributed by atoms with E-state index in [0.717, 1.165) is 6.42 Å². The van der Waals surface area contributed by atoms with Crippen LogP contribution in [0.2, 0.25) is 0 Å². The second kappa shape index (κ2) is 16.4. The van der Waals surface area contributed by atoms with Gasteiger partial charge in [0.15, 0.2) is 6.61 Å². The normalized spacial score (nSPS) is 17.6. The van der Waals surface area contributed by atoms with Crippen molar-refractivity contribution in [3.63, 3.8) is 0 Å². The van der Waals surface area contributed by atoms with Crippen LogP contribution in [0.3, 0.4) is 0 Å². The summed E-state index contributed by atoms with van der Waals surface area (Å²) in [5.74, 6) is -4.70. The van der Waals surface area contributed by atoms with Gasteiger partial charge in [-0.3, -0.25) is 9.59 Å². The second-order valence-electron chi connectivity index (χ2n) is 13.6. The minimum absolute atomic E-state index is 0.157. The molecule has 49 heavy (non-hydrogen) atoms. The van der Waals surface area contributed by atoms with Gasteiger partial charge in [0.05, 0.1) is 10.8 Å². The molecule has 0 spiro atoms. The number of hydrogen-bond donors (Lipinski definition) is 2. The molecule has 16 heteroatoms. The summed E-state index contributed by atoms with van der Waals surface area (Å²) in [5.41, 5.74) is -8.09. The van der Waals surface area contributed by atoms with E-state index in [2.05, 4.69) is 4.74 Å². The molecule has 0 heterocycles. The van der Waals surface area contributed by atoms with Gasteiger partial charge in [0.2, 0.25) is 0 Å². The summed E-state index contributed by atoms with van der Waals surface area (Å²) in [4.78, 5) is 47.2. The van der Waals surface area contributed by atoms with Crippen molar-refractivity contribution in [3.8, 4) is 11.5 Å². The molecule has 1 aliphatic carbocycles. The van der Waals surface area contributed by atoms with E-state index >= 15 is 0 Å². The molecule has 0 atom stereocenters. The molecule has 1 saturated carbocycles. The first kappa shape index (κ1) is 43.5. The summed E-state index contributed by atoms with van der Waals surface area (Å²) in [6, 6.07) is 6.11. The summed E-state index contributed by atoms with van der Waals surface area (Å²) in [6.07, 6.45) is -9.97. The van der Waals surface area contributed by atoms with Gasteiger partial charge < -0.3 is 29.2 Å². The number of halogens is 6. The first-order chi connectivity index (χ1) is 22.1. The average molecular weight is 717 g/mol. The van der Waals surface area contributed by atoms with Crippen LogP contribution >= 0.6 is 0 Å². The maximum absolute atomic E-state index is 12.7. The summed E-state index contributed by atoms with van der Waals surface area (Å²) in [5, 5.41) is 18.0. The number of rotatable bonds is 11.